The standard InChI is InChI=1S/C13H19NO3/c1-4-14(5-2)12(13(16)17)10-8-9(3)6-7-11(10)15/h6-8,12,15H,4-5H2,1-3H3,(H,16,17). The summed E-state index contributed by atoms with van der Waals surface area (Å²) in [5, 5.41) is 19.1. The van der Waals surface area contributed by atoms with Gasteiger partial charge in [0.1, 0.15) is 11.8 Å². The molecule has 0 heterocycles. The van der Waals surface area contributed by atoms with Gasteiger partial charge in [-0.15, -0.1) is 0 Å². The fourth-order valence-corrected chi connectivity index (χ4v) is 1.97. The van der Waals surface area contributed by atoms with Gasteiger partial charge < -0.3 is 10.2 Å². The molecule has 0 aliphatic heterocycles. The zero-order valence-corrected chi connectivity index (χ0v) is 10.5. The molecule has 94 valence electrons. The van der Waals surface area contributed by atoms with Gasteiger partial charge in [0, 0.05) is 5.56 Å². The third kappa shape index (κ3) is 2.97. The number of nitrogens with zero attached hydrogens (tertiary/aromatic N) is 1. The second-order valence-electron chi connectivity index (χ2n) is 4.02. The molecule has 1 unspecified atom stereocenters. The van der Waals surface area contributed by atoms with Gasteiger partial charge in [-0.1, -0.05) is 31.5 Å². The van der Waals surface area contributed by atoms with E-state index in [2.05, 4.69) is 0 Å². The molecule has 4 nitrogen and oxygen atoms in total. The van der Waals surface area contributed by atoms with Gasteiger partial charge in [-0.3, -0.25) is 9.69 Å². The molecular weight excluding hydrogens is 218 g/mol. The molecule has 0 aliphatic rings. The molecule has 17 heavy (non-hydrogen) atoms. The van der Waals surface area contributed by atoms with Gasteiger partial charge in [0.15, 0.2) is 0 Å². The first kappa shape index (κ1) is 13.5. The zero-order chi connectivity index (χ0) is 13.0. The molecule has 0 spiro atoms. The molecule has 4 heteroatoms. The van der Waals surface area contributed by atoms with Crippen LogP contribution in [0.5, 0.6) is 5.75 Å². The van der Waals surface area contributed by atoms with Crippen molar-refractivity contribution in [2.75, 3.05) is 13.1 Å². The molecule has 2 N–H and O–H groups in total. The number of hydrogen-bond donors (Lipinski definition) is 2. The van der Waals surface area contributed by atoms with Crippen molar-refractivity contribution in [1.82, 2.24) is 4.90 Å². The monoisotopic (exact) mass is 237 g/mol. The topological polar surface area (TPSA) is 60.8 Å². The fourth-order valence-electron chi connectivity index (χ4n) is 1.97. The summed E-state index contributed by atoms with van der Waals surface area (Å²) < 4.78 is 0. The minimum Gasteiger partial charge on any atom is -0.508 e. The maximum Gasteiger partial charge on any atom is 0.325 e. The summed E-state index contributed by atoms with van der Waals surface area (Å²) in [5.74, 6) is -0.899. The summed E-state index contributed by atoms with van der Waals surface area (Å²) in [7, 11) is 0. The van der Waals surface area contributed by atoms with Gasteiger partial charge in [-0.25, -0.2) is 0 Å². The Morgan fingerprint density at radius 2 is 1.94 bits per heavy atom. The summed E-state index contributed by atoms with van der Waals surface area (Å²) in [5.41, 5.74) is 1.40. The Bertz CT molecular complexity index is 400. The minimum absolute atomic E-state index is 0.0369. The van der Waals surface area contributed by atoms with Crippen molar-refractivity contribution >= 4 is 5.97 Å². The highest BCUT2D eigenvalue weighted by Crippen LogP contribution is 2.29. The number of aliphatic carboxylic acids is 1. The Morgan fingerprint density at radius 1 is 1.35 bits per heavy atom. The third-order valence-corrected chi connectivity index (χ3v) is 2.89. The first-order valence-corrected chi connectivity index (χ1v) is 5.77. The van der Waals surface area contributed by atoms with Crippen molar-refractivity contribution in [2.45, 2.75) is 26.8 Å². The van der Waals surface area contributed by atoms with Crippen LogP contribution in [0.2, 0.25) is 0 Å². The van der Waals surface area contributed by atoms with E-state index in [4.69, 9.17) is 0 Å². The van der Waals surface area contributed by atoms with E-state index in [-0.39, 0.29) is 5.75 Å². The summed E-state index contributed by atoms with van der Waals surface area (Å²) in [4.78, 5) is 13.2. The van der Waals surface area contributed by atoms with Crippen molar-refractivity contribution in [3.05, 3.63) is 29.3 Å². The highest BCUT2D eigenvalue weighted by atomic mass is 16.4. The van der Waals surface area contributed by atoms with E-state index in [0.29, 0.717) is 18.7 Å². The van der Waals surface area contributed by atoms with E-state index < -0.39 is 12.0 Å². The molecule has 0 fully saturated rings. The second kappa shape index (κ2) is 5.68. The predicted octanol–water partition coefficient (Wildman–Crippen LogP) is 2.17. The van der Waals surface area contributed by atoms with Crippen LogP contribution < -0.4 is 0 Å². The first-order chi connectivity index (χ1) is 8.01. The highest BCUT2D eigenvalue weighted by Gasteiger charge is 2.27. The lowest BCUT2D eigenvalue weighted by atomic mass is 10.0. The quantitative estimate of drug-likeness (QED) is 0.824. The van der Waals surface area contributed by atoms with Gasteiger partial charge in [0.05, 0.1) is 0 Å². The van der Waals surface area contributed by atoms with Crippen LogP contribution in [-0.2, 0) is 4.79 Å². The number of rotatable bonds is 5. The van der Waals surface area contributed by atoms with E-state index >= 15 is 0 Å². The molecule has 1 aromatic carbocycles. The van der Waals surface area contributed by atoms with E-state index in [1.165, 1.54) is 0 Å². The van der Waals surface area contributed by atoms with Crippen molar-refractivity contribution in [2.24, 2.45) is 0 Å². The number of phenolic OH excluding ortho intramolecular Hbond substituents is 1. The zero-order valence-electron chi connectivity index (χ0n) is 10.5. The Kier molecular flexibility index (Phi) is 4.52. The molecule has 0 saturated heterocycles. The Hall–Kier alpha value is -1.55. The molecule has 0 bridgehead atoms. The fraction of sp³-hybridized carbons (Fsp3) is 0.462. The number of phenols is 1. The molecule has 0 amide bonds. The number of likely N-dealkylation sites (N-methyl/N-ethyl adjacent to an activating group) is 1. The van der Waals surface area contributed by atoms with E-state index in [1.807, 2.05) is 20.8 Å². The Morgan fingerprint density at radius 3 is 2.41 bits per heavy atom. The van der Waals surface area contributed by atoms with Gasteiger partial charge in [0.2, 0.25) is 0 Å². The second-order valence-corrected chi connectivity index (χ2v) is 4.02. The SMILES string of the molecule is CCN(CC)C(C(=O)O)c1cc(C)ccc1O. The molecule has 0 aromatic heterocycles. The number of hydrogen-bond acceptors (Lipinski definition) is 3. The minimum atomic E-state index is -0.936. The van der Waals surface area contributed by atoms with Crippen LogP contribution in [0.1, 0.15) is 31.0 Å². The van der Waals surface area contributed by atoms with Crippen LogP contribution in [0.3, 0.4) is 0 Å². The highest BCUT2D eigenvalue weighted by molar-refractivity contribution is 5.76. The van der Waals surface area contributed by atoms with Crippen LogP contribution in [0.25, 0.3) is 0 Å². The Balaban J connectivity index is 3.22. The lowest BCUT2D eigenvalue weighted by Gasteiger charge is -2.27. The molecule has 0 saturated carbocycles. The van der Waals surface area contributed by atoms with Crippen LogP contribution in [0.4, 0.5) is 0 Å². The van der Waals surface area contributed by atoms with Crippen LogP contribution in [-0.4, -0.2) is 34.2 Å². The maximum absolute atomic E-state index is 11.4. The van der Waals surface area contributed by atoms with E-state index in [0.717, 1.165) is 5.56 Å². The van der Waals surface area contributed by atoms with Gasteiger partial charge in [-0.05, 0) is 26.1 Å². The molecule has 1 atom stereocenters. The number of benzene rings is 1. The summed E-state index contributed by atoms with van der Waals surface area (Å²) in [6, 6.07) is 4.25. The smallest absolute Gasteiger partial charge is 0.325 e. The normalized spacial score (nSPS) is 12.7. The molecule has 0 aliphatic carbocycles. The van der Waals surface area contributed by atoms with Gasteiger partial charge >= 0.3 is 5.97 Å². The van der Waals surface area contributed by atoms with Crippen LogP contribution >= 0.6 is 0 Å². The van der Waals surface area contributed by atoms with Crippen molar-refractivity contribution < 1.29 is 15.0 Å². The lowest BCUT2D eigenvalue weighted by Crippen LogP contribution is -2.33. The molecule has 1 rings (SSSR count). The predicted molar refractivity (Wildman–Crippen MR) is 66.1 cm³/mol. The molecule has 1 aromatic rings. The number of carbonyl (C=O) groups is 1. The van der Waals surface area contributed by atoms with Crippen molar-refractivity contribution in [3.63, 3.8) is 0 Å². The average Bonchev–Trinajstić information content (AvgIpc) is 2.29. The summed E-state index contributed by atoms with van der Waals surface area (Å²) >= 11 is 0. The number of carboxylic acid groups (broad SMARTS) is 1. The van der Waals surface area contributed by atoms with Crippen LogP contribution in [0, 0.1) is 6.92 Å². The van der Waals surface area contributed by atoms with Gasteiger partial charge in [0.25, 0.3) is 0 Å². The first-order valence-electron chi connectivity index (χ1n) is 5.77. The summed E-state index contributed by atoms with van der Waals surface area (Å²) in [6.07, 6.45) is 0. The number of carboxylic acids is 1. The Labute approximate surface area is 101 Å². The lowest BCUT2D eigenvalue weighted by molar-refractivity contribution is -0.143. The largest absolute Gasteiger partial charge is 0.508 e. The average molecular weight is 237 g/mol. The summed E-state index contributed by atoms with van der Waals surface area (Å²) in [6.45, 7) is 6.95. The van der Waals surface area contributed by atoms with E-state index in [1.54, 1.807) is 23.1 Å². The number of aromatic hydroxyl groups is 1. The maximum atomic E-state index is 11.4. The molecular formula is C13H19NO3. The van der Waals surface area contributed by atoms with Crippen LogP contribution in [0.15, 0.2) is 18.2 Å². The van der Waals surface area contributed by atoms with Gasteiger partial charge in [-0.2, -0.15) is 0 Å². The van der Waals surface area contributed by atoms with Crippen molar-refractivity contribution in [1.29, 1.82) is 0 Å². The third-order valence-electron chi connectivity index (χ3n) is 2.89. The molecule has 0 radical (unpaired) electrons. The number of aryl methyl sites for hydroxylation is 1. The van der Waals surface area contributed by atoms with Crippen molar-refractivity contribution in [3.8, 4) is 5.75 Å². The van der Waals surface area contributed by atoms with E-state index in [9.17, 15) is 15.0 Å².